The van der Waals surface area contributed by atoms with Crippen LogP contribution in [-0.2, 0) is 19.4 Å². The highest BCUT2D eigenvalue weighted by atomic mass is 19.1. The third kappa shape index (κ3) is 4.48. The van der Waals surface area contributed by atoms with Crippen LogP contribution < -0.4 is 9.47 Å². The molecule has 0 saturated carbocycles. The number of hydrogen-bond acceptors (Lipinski definition) is 4. The average molecular weight is 571 g/mol. The van der Waals surface area contributed by atoms with Crippen molar-refractivity contribution < 1.29 is 13.9 Å². The Balaban J connectivity index is 1.16. The molecule has 0 spiro atoms. The molecule has 6 nitrogen and oxygen atoms in total. The Hall–Kier alpha value is -4.88. The monoisotopic (exact) mass is 570 g/mol. The minimum absolute atomic E-state index is 0.00493. The van der Waals surface area contributed by atoms with Crippen LogP contribution in [0.2, 0.25) is 0 Å². The van der Waals surface area contributed by atoms with E-state index < -0.39 is 0 Å². The maximum absolute atomic E-state index is 14.0. The number of nitrogens with zero attached hydrogens (tertiary/aromatic N) is 3. The summed E-state index contributed by atoms with van der Waals surface area (Å²) >= 11 is 0. The highest BCUT2D eigenvalue weighted by molar-refractivity contribution is 5.85. The lowest BCUT2D eigenvalue weighted by atomic mass is 9.80. The van der Waals surface area contributed by atoms with Gasteiger partial charge < -0.3 is 14.5 Å². The second kappa shape index (κ2) is 10.4. The Morgan fingerprint density at radius 3 is 2.58 bits per heavy atom. The van der Waals surface area contributed by atoms with Gasteiger partial charge in [0, 0.05) is 41.6 Å². The summed E-state index contributed by atoms with van der Waals surface area (Å²) in [5, 5.41) is 5.56. The second-order valence-electron chi connectivity index (χ2n) is 11.3. The lowest BCUT2D eigenvalue weighted by Crippen LogP contribution is -2.43. The molecule has 0 amide bonds. The van der Waals surface area contributed by atoms with Gasteiger partial charge in [-0.25, -0.2) is 9.07 Å². The van der Waals surface area contributed by atoms with Gasteiger partial charge in [-0.3, -0.25) is 4.90 Å². The van der Waals surface area contributed by atoms with Gasteiger partial charge in [0.1, 0.15) is 12.4 Å². The first kappa shape index (κ1) is 25.8. The van der Waals surface area contributed by atoms with E-state index in [9.17, 15) is 4.39 Å². The summed E-state index contributed by atoms with van der Waals surface area (Å²) in [6.45, 7) is 1.31. The number of H-pyrrole nitrogens is 1. The molecule has 1 N–H and O–H groups in total. The minimum Gasteiger partial charge on any atom is -0.493 e. The molecule has 0 saturated heterocycles. The minimum atomic E-state index is -0.220. The molecule has 0 fully saturated rings. The van der Waals surface area contributed by atoms with Gasteiger partial charge >= 0.3 is 0 Å². The fourth-order valence-electron chi connectivity index (χ4n) is 6.90. The van der Waals surface area contributed by atoms with E-state index in [0.717, 1.165) is 53.2 Å². The number of para-hydroxylation sites is 1. The molecule has 43 heavy (non-hydrogen) atoms. The first-order chi connectivity index (χ1) is 21.2. The number of halogens is 1. The first-order valence-corrected chi connectivity index (χ1v) is 14.7. The number of benzene rings is 4. The summed E-state index contributed by atoms with van der Waals surface area (Å²) in [5.74, 6) is 1.27. The molecule has 0 aliphatic carbocycles. The summed E-state index contributed by atoms with van der Waals surface area (Å²) in [5.41, 5.74) is 9.38. The van der Waals surface area contributed by atoms with Crippen molar-refractivity contribution in [1.82, 2.24) is 19.7 Å². The van der Waals surface area contributed by atoms with Crippen molar-refractivity contribution in [2.24, 2.45) is 0 Å². The van der Waals surface area contributed by atoms with E-state index in [-0.39, 0.29) is 17.9 Å². The van der Waals surface area contributed by atoms with Crippen LogP contribution in [0.3, 0.4) is 0 Å². The third-order valence-electron chi connectivity index (χ3n) is 8.96. The van der Waals surface area contributed by atoms with Crippen molar-refractivity contribution in [3.8, 4) is 17.2 Å². The summed E-state index contributed by atoms with van der Waals surface area (Å²) < 4.78 is 28.1. The molecule has 2 aromatic heterocycles. The normalized spacial score (nSPS) is 17.7. The van der Waals surface area contributed by atoms with Crippen molar-refractivity contribution in [3.05, 3.63) is 143 Å². The van der Waals surface area contributed by atoms with E-state index in [4.69, 9.17) is 9.47 Å². The lowest BCUT2D eigenvalue weighted by Gasteiger charge is -2.46. The van der Waals surface area contributed by atoms with E-state index in [1.165, 1.54) is 27.8 Å². The van der Waals surface area contributed by atoms with Crippen LogP contribution in [0, 0.1) is 5.82 Å². The topological polar surface area (TPSA) is 55.3 Å². The molecule has 214 valence electrons. The van der Waals surface area contributed by atoms with Gasteiger partial charge in [0.2, 0.25) is 0 Å². The molecule has 4 heterocycles. The average Bonchev–Trinajstić information content (AvgIpc) is 3.72. The predicted octanol–water partition coefficient (Wildman–Crippen LogP) is 7.33. The van der Waals surface area contributed by atoms with Crippen molar-refractivity contribution >= 4 is 10.9 Å². The second-order valence-corrected chi connectivity index (χ2v) is 11.3. The van der Waals surface area contributed by atoms with Gasteiger partial charge in [0.15, 0.2) is 11.5 Å². The molecule has 4 aromatic carbocycles. The number of rotatable bonds is 6. The SMILES string of the molecule is COc1cc2c(cc1OCc1ccc(-n3cccn3)cc1)C1Cc3c([nH]c4ccccc34)C(c3ccc(F)cc3)N1CC2. The predicted molar refractivity (Wildman–Crippen MR) is 164 cm³/mol. The quantitative estimate of drug-likeness (QED) is 0.228. The largest absolute Gasteiger partial charge is 0.493 e. The fraction of sp³-hybridized carbons (Fsp3) is 0.194. The maximum atomic E-state index is 14.0. The molecular weight excluding hydrogens is 539 g/mol. The van der Waals surface area contributed by atoms with Crippen molar-refractivity contribution in [3.63, 3.8) is 0 Å². The Bertz CT molecular complexity index is 1910. The zero-order chi connectivity index (χ0) is 28.9. The molecular formula is C36H31FN4O2. The Kier molecular flexibility index (Phi) is 6.26. The van der Waals surface area contributed by atoms with Crippen LogP contribution in [0.15, 0.2) is 103 Å². The number of fused-ring (bicyclic) bond motifs is 6. The molecule has 8 rings (SSSR count). The smallest absolute Gasteiger partial charge is 0.162 e. The van der Waals surface area contributed by atoms with E-state index in [2.05, 4.69) is 63.5 Å². The molecule has 0 radical (unpaired) electrons. The molecule has 7 heteroatoms. The van der Waals surface area contributed by atoms with Crippen LogP contribution in [0.4, 0.5) is 4.39 Å². The van der Waals surface area contributed by atoms with E-state index in [1.807, 2.05) is 41.2 Å². The van der Waals surface area contributed by atoms with Gasteiger partial charge in [-0.1, -0.05) is 42.5 Å². The number of hydrogen-bond donors (Lipinski definition) is 1. The number of methoxy groups -OCH3 is 1. The van der Waals surface area contributed by atoms with Crippen molar-refractivity contribution in [1.29, 1.82) is 0 Å². The maximum Gasteiger partial charge on any atom is 0.162 e. The molecule has 0 bridgehead atoms. The first-order valence-electron chi connectivity index (χ1n) is 14.7. The van der Waals surface area contributed by atoms with E-state index in [0.29, 0.717) is 6.61 Å². The molecule has 2 unspecified atom stereocenters. The number of aromatic amines is 1. The number of nitrogens with one attached hydrogen (secondary N) is 1. The lowest BCUT2D eigenvalue weighted by molar-refractivity contribution is 0.127. The van der Waals surface area contributed by atoms with Crippen LogP contribution in [0.1, 0.15) is 45.6 Å². The Morgan fingerprint density at radius 1 is 0.953 bits per heavy atom. The standard InChI is InChI=1S/C36H31FN4O2/c1-42-33-19-25-15-18-40-32(29(25)21-34(33)43-22-23-7-13-27(14-8-23)41-17-4-16-38-41)20-30-28-5-2-3-6-31(28)39-35(30)36(40)24-9-11-26(37)12-10-24/h2-14,16-17,19,21,32,36,39H,15,18,20,22H2,1H3. The zero-order valence-corrected chi connectivity index (χ0v) is 23.8. The van der Waals surface area contributed by atoms with Gasteiger partial charge in [-0.05, 0) is 89.2 Å². The fourth-order valence-corrected chi connectivity index (χ4v) is 6.90. The molecule has 2 aliphatic rings. The molecule has 6 aromatic rings. The molecule has 2 aliphatic heterocycles. The summed E-state index contributed by atoms with van der Waals surface area (Å²) in [6, 6.07) is 30.1. The van der Waals surface area contributed by atoms with E-state index in [1.54, 1.807) is 25.4 Å². The Morgan fingerprint density at radius 2 is 1.79 bits per heavy atom. The van der Waals surface area contributed by atoms with Gasteiger partial charge in [-0.15, -0.1) is 0 Å². The van der Waals surface area contributed by atoms with Crippen LogP contribution in [-0.4, -0.2) is 33.3 Å². The van der Waals surface area contributed by atoms with E-state index >= 15 is 0 Å². The van der Waals surface area contributed by atoms with Gasteiger partial charge in [0.05, 0.1) is 18.8 Å². The third-order valence-corrected chi connectivity index (χ3v) is 8.96. The highest BCUT2D eigenvalue weighted by Crippen LogP contribution is 2.49. The van der Waals surface area contributed by atoms with Crippen molar-refractivity contribution in [2.45, 2.75) is 31.5 Å². The summed E-state index contributed by atoms with van der Waals surface area (Å²) in [4.78, 5) is 6.30. The van der Waals surface area contributed by atoms with Crippen LogP contribution in [0.5, 0.6) is 11.5 Å². The van der Waals surface area contributed by atoms with Gasteiger partial charge in [-0.2, -0.15) is 5.10 Å². The number of ether oxygens (including phenoxy) is 2. The van der Waals surface area contributed by atoms with Crippen LogP contribution >= 0.6 is 0 Å². The van der Waals surface area contributed by atoms with Gasteiger partial charge in [0.25, 0.3) is 0 Å². The highest BCUT2D eigenvalue weighted by Gasteiger charge is 2.41. The number of aromatic nitrogens is 3. The Labute approximate surface area is 249 Å². The summed E-state index contributed by atoms with van der Waals surface area (Å²) in [6.07, 6.45) is 5.47. The van der Waals surface area contributed by atoms with Crippen LogP contribution in [0.25, 0.3) is 16.6 Å². The van der Waals surface area contributed by atoms with Crippen molar-refractivity contribution in [2.75, 3.05) is 13.7 Å². The molecule has 2 atom stereocenters. The summed E-state index contributed by atoms with van der Waals surface area (Å²) in [7, 11) is 1.70. The zero-order valence-electron chi connectivity index (χ0n) is 23.8.